The van der Waals surface area contributed by atoms with E-state index < -0.39 is 6.04 Å². The van der Waals surface area contributed by atoms with Crippen LogP contribution in [0.1, 0.15) is 30.0 Å². The van der Waals surface area contributed by atoms with Crippen molar-refractivity contribution in [2.45, 2.75) is 19.5 Å². The van der Waals surface area contributed by atoms with Crippen LogP contribution in [0.4, 0.5) is 9.18 Å². The van der Waals surface area contributed by atoms with Crippen LogP contribution >= 0.6 is 22.9 Å². The maximum Gasteiger partial charge on any atom is 0.322 e. The van der Waals surface area contributed by atoms with Crippen LogP contribution in [0.3, 0.4) is 0 Å². The maximum atomic E-state index is 13.6. The Morgan fingerprint density at radius 3 is 2.73 bits per heavy atom. The van der Waals surface area contributed by atoms with E-state index in [9.17, 15) is 9.18 Å². The molecule has 1 aliphatic heterocycles. The average Bonchev–Trinajstić information content (AvgIpc) is 3.49. The van der Waals surface area contributed by atoms with Crippen molar-refractivity contribution < 1.29 is 13.7 Å². The molecule has 6 nitrogen and oxygen atoms in total. The zero-order valence-corrected chi connectivity index (χ0v) is 19.0. The van der Waals surface area contributed by atoms with Gasteiger partial charge < -0.3 is 9.84 Å². The van der Waals surface area contributed by atoms with E-state index in [0.29, 0.717) is 40.1 Å². The molecule has 9 heteroatoms. The number of rotatable bonds is 5. The Hall–Kier alpha value is -3.49. The van der Waals surface area contributed by atoms with Gasteiger partial charge in [0.05, 0.1) is 23.0 Å². The molecule has 0 bridgehead atoms. The second-order valence-corrected chi connectivity index (χ2v) is 8.93. The van der Waals surface area contributed by atoms with Crippen molar-refractivity contribution in [2.75, 3.05) is 0 Å². The molecule has 1 aliphatic rings. The number of allylic oxidation sites excluding steroid dienone is 1. The summed E-state index contributed by atoms with van der Waals surface area (Å²) in [4.78, 5) is 20.2. The van der Waals surface area contributed by atoms with Crippen LogP contribution in [0.25, 0.3) is 16.3 Å². The Labute approximate surface area is 198 Å². The van der Waals surface area contributed by atoms with E-state index in [2.05, 4.69) is 15.5 Å². The number of hydrogen-bond donors (Lipinski definition) is 1. The summed E-state index contributed by atoms with van der Waals surface area (Å²) in [6, 6.07) is 16.3. The molecule has 4 aromatic rings. The fraction of sp³-hybridized carbons (Fsp3) is 0.125. The van der Waals surface area contributed by atoms with Crippen LogP contribution in [0, 0.1) is 5.82 Å². The van der Waals surface area contributed by atoms with E-state index in [1.807, 2.05) is 42.6 Å². The first-order valence-corrected chi connectivity index (χ1v) is 11.4. The lowest BCUT2D eigenvalue weighted by Crippen LogP contribution is -2.45. The van der Waals surface area contributed by atoms with E-state index in [1.165, 1.54) is 23.5 Å². The first-order chi connectivity index (χ1) is 16.0. The third-order valence-corrected chi connectivity index (χ3v) is 6.53. The Morgan fingerprint density at radius 1 is 1.18 bits per heavy atom. The third kappa shape index (κ3) is 4.27. The lowest BCUT2D eigenvalue weighted by atomic mass is 9.94. The fourth-order valence-corrected chi connectivity index (χ4v) is 4.67. The molecule has 1 unspecified atom stereocenters. The van der Waals surface area contributed by atoms with Crippen molar-refractivity contribution in [2.24, 2.45) is 0 Å². The maximum absolute atomic E-state index is 13.6. The van der Waals surface area contributed by atoms with Gasteiger partial charge in [0.15, 0.2) is 0 Å². The summed E-state index contributed by atoms with van der Waals surface area (Å²) in [6.07, 6.45) is 0. The van der Waals surface area contributed by atoms with Crippen molar-refractivity contribution in [3.8, 4) is 10.7 Å². The van der Waals surface area contributed by atoms with E-state index >= 15 is 0 Å². The number of amides is 2. The normalized spacial score (nSPS) is 16.3. The molecule has 2 aromatic heterocycles. The summed E-state index contributed by atoms with van der Waals surface area (Å²) in [7, 11) is 0. The van der Waals surface area contributed by atoms with Gasteiger partial charge >= 0.3 is 6.03 Å². The first kappa shape index (κ1) is 21.4. The van der Waals surface area contributed by atoms with Gasteiger partial charge in [0.25, 0.3) is 5.89 Å². The zero-order valence-electron chi connectivity index (χ0n) is 17.5. The van der Waals surface area contributed by atoms with E-state index in [0.717, 1.165) is 10.4 Å². The fourth-order valence-electron chi connectivity index (χ4n) is 3.81. The van der Waals surface area contributed by atoms with E-state index in [-0.39, 0.29) is 11.8 Å². The van der Waals surface area contributed by atoms with Crippen LogP contribution in [0.2, 0.25) is 5.02 Å². The quantitative estimate of drug-likeness (QED) is 0.364. The van der Waals surface area contributed by atoms with Crippen molar-refractivity contribution in [3.05, 3.63) is 99.6 Å². The Morgan fingerprint density at radius 2 is 2.00 bits per heavy atom. The van der Waals surface area contributed by atoms with Crippen LogP contribution in [0.15, 0.2) is 76.3 Å². The number of benzene rings is 2. The number of aromatic nitrogens is 2. The molecule has 33 heavy (non-hydrogen) atoms. The minimum Gasteiger partial charge on any atom is -0.334 e. The van der Waals surface area contributed by atoms with Gasteiger partial charge in [-0.25, -0.2) is 9.18 Å². The predicted molar refractivity (Wildman–Crippen MR) is 125 cm³/mol. The molecule has 166 valence electrons. The molecule has 2 aromatic carbocycles. The van der Waals surface area contributed by atoms with Gasteiger partial charge in [0.2, 0.25) is 5.82 Å². The molecule has 0 saturated carbocycles. The topological polar surface area (TPSA) is 71.3 Å². The zero-order chi connectivity index (χ0) is 22.9. The van der Waals surface area contributed by atoms with Gasteiger partial charge in [-0.05, 0) is 53.8 Å². The highest BCUT2D eigenvalue weighted by Gasteiger charge is 2.35. The Bertz CT molecular complexity index is 1330. The average molecular weight is 481 g/mol. The third-order valence-electron chi connectivity index (χ3n) is 5.43. The second-order valence-electron chi connectivity index (χ2n) is 7.55. The molecule has 5 rings (SSSR count). The summed E-state index contributed by atoms with van der Waals surface area (Å²) < 4.78 is 19.2. The summed E-state index contributed by atoms with van der Waals surface area (Å²) in [6.45, 7) is 2.15. The summed E-state index contributed by atoms with van der Waals surface area (Å²) >= 11 is 7.64. The number of halogens is 2. The summed E-state index contributed by atoms with van der Waals surface area (Å²) in [5.74, 6) is 0.404. The van der Waals surface area contributed by atoms with Crippen molar-refractivity contribution >= 4 is 34.5 Å². The summed E-state index contributed by atoms with van der Waals surface area (Å²) in [5.41, 5.74) is 2.90. The molecular weight excluding hydrogens is 463 g/mol. The molecule has 2 amide bonds. The highest BCUT2D eigenvalue weighted by molar-refractivity contribution is 7.13. The molecule has 1 N–H and O–H groups in total. The molecule has 1 atom stereocenters. The van der Waals surface area contributed by atoms with Gasteiger partial charge in [-0.2, -0.15) is 4.98 Å². The lowest BCUT2D eigenvalue weighted by molar-refractivity contribution is 0.203. The Balaban J connectivity index is 1.60. The van der Waals surface area contributed by atoms with E-state index in [4.69, 9.17) is 16.1 Å². The minimum atomic E-state index is -0.578. The standard InChI is InChI=1S/C24H18ClFN4O2S/c1-14-20(23-28-22(29-32-23)19-6-3-11-33-19)21(16-7-9-18(26)10-8-16)27-24(31)30(14)13-15-4-2-5-17(25)12-15/h2-12,21H,13H2,1H3,(H,27,31). The SMILES string of the molecule is CC1=C(c2nc(-c3cccs3)no2)C(c2ccc(F)cc2)NC(=O)N1Cc1cccc(Cl)c1. The van der Waals surface area contributed by atoms with Crippen molar-refractivity contribution in [3.63, 3.8) is 0 Å². The number of nitrogens with zero attached hydrogens (tertiary/aromatic N) is 3. The number of nitrogens with one attached hydrogen (secondary N) is 1. The summed E-state index contributed by atoms with van der Waals surface area (Å²) in [5, 5.41) is 9.67. The van der Waals surface area contributed by atoms with Gasteiger partial charge in [-0.15, -0.1) is 11.3 Å². The predicted octanol–water partition coefficient (Wildman–Crippen LogP) is 6.29. The molecule has 0 aliphatic carbocycles. The van der Waals surface area contributed by atoms with Crippen LogP contribution in [-0.4, -0.2) is 21.1 Å². The highest BCUT2D eigenvalue weighted by atomic mass is 35.5. The van der Waals surface area contributed by atoms with Crippen LogP contribution in [0.5, 0.6) is 0 Å². The minimum absolute atomic E-state index is 0.288. The number of carbonyl (C=O) groups is 1. The number of carbonyl (C=O) groups excluding carboxylic acids is 1. The molecule has 0 saturated heterocycles. The van der Waals surface area contributed by atoms with Gasteiger partial charge in [0, 0.05) is 10.7 Å². The van der Waals surface area contributed by atoms with Crippen molar-refractivity contribution in [1.29, 1.82) is 0 Å². The van der Waals surface area contributed by atoms with E-state index in [1.54, 1.807) is 23.1 Å². The smallest absolute Gasteiger partial charge is 0.322 e. The van der Waals surface area contributed by atoms with Gasteiger partial charge in [-0.1, -0.05) is 47.1 Å². The molecule has 0 fully saturated rings. The second kappa shape index (κ2) is 8.80. The lowest BCUT2D eigenvalue weighted by Gasteiger charge is -2.35. The monoisotopic (exact) mass is 480 g/mol. The van der Waals surface area contributed by atoms with Crippen LogP contribution < -0.4 is 5.32 Å². The Kier molecular flexibility index (Phi) is 5.70. The van der Waals surface area contributed by atoms with Crippen molar-refractivity contribution in [1.82, 2.24) is 20.4 Å². The first-order valence-electron chi connectivity index (χ1n) is 10.2. The van der Waals surface area contributed by atoms with Gasteiger partial charge in [-0.3, -0.25) is 4.90 Å². The molecule has 3 heterocycles. The molecule has 0 spiro atoms. The number of thiophene rings is 1. The van der Waals surface area contributed by atoms with Gasteiger partial charge in [0.1, 0.15) is 5.82 Å². The molecule has 0 radical (unpaired) electrons. The van der Waals surface area contributed by atoms with Crippen LogP contribution in [-0.2, 0) is 6.54 Å². The number of hydrogen-bond acceptors (Lipinski definition) is 5. The highest BCUT2D eigenvalue weighted by Crippen LogP contribution is 2.38. The largest absolute Gasteiger partial charge is 0.334 e. The number of urea groups is 1. The molecular formula is C24H18ClFN4O2S.